The third-order valence-corrected chi connectivity index (χ3v) is 5.56. The first kappa shape index (κ1) is 26.3. The number of nitrogens with one attached hydrogen (secondary N) is 2. The van der Waals surface area contributed by atoms with Gasteiger partial charge in [0.1, 0.15) is 0 Å². The average molecular weight is 553 g/mol. The van der Waals surface area contributed by atoms with Crippen LogP contribution in [0.15, 0.2) is 53.5 Å². The molecule has 2 aromatic carbocycles. The Morgan fingerprint density at radius 3 is 2.56 bits per heavy atom. The largest absolute Gasteiger partial charge is 0.493 e. The number of benzene rings is 2. The van der Waals surface area contributed by atoms with Crippen LogP contribution >= 0.6 is 24.0 Å². The molecular formula is C25H36IN3O3. The Hall–Kier alpha value is -2.00. The highest BCUT2D eigenvalue weighted by Gasteiger charge is 2.27. The van der Waals surface area contributed by atoms with Gasteiger partial charge in [-0.25, -0.2) is 0 Å². The number of hydrogen-bond acceptors (Lipinski definition) is 4. The number of guanidine groups is 1. The van der Waals surface area contributed by atoms with Gasteiger partial charge in [-0.05, 0) is 49.4 Å². The number of halogens is 1. The molecule has 2 aromatic rings. The van der Waals surface area contributed by atoms with Crippen molar-refractivity contribution in [1.82, 2.24) is 10.6 Å². The summed E-state index contributed by atoms with van der Waals surface area (Å²) in [6, 6.07) is 16.5. The van der Waals surface area contributed by atoms with Crippen molar-refractivity contribution in [3.63, 3.8) is 0 Å². The van der Waals surface area contributed by atoms with Crippen LogP contribution in [-0.4, -0.2) is 46.4 Å². The zero-order valence-corrected chi connectivity index (χ0v) is 21.6. The topological polar surface area (TPSA) is 64.1 Å². The summed E-state index contributed by atoms with van der Waals surface area (Å²) in [5, 5.41) is 6.81. The maximum absolute atomic E-state index is 6.12. The summed E-state index contributed by atoms with van der Waals surface area (Å²) in [6.45, 7) is 5.26. The average Bonchev–Trinajstić information content (AvgIpc) is 2.83. The molecule has 1 fully saturated rings. The second-order valence-electron chi connectivity index (χ2n) is 7.69. The van der Waals surface area contributed by atoms with E-state index in [2.05, 4.69) is 47.9 Å². The van der Waals surface area contributed by atoms with Crippen LogP contribution in [0.2, 0.25) is 0 Å². The van der Waals surface area contributed by atoms with Crippen molar-refractivity contribution in [2.45, 2.75) is 32.3 Å². The fraction of sp³-hybridized carbons (Fsp3) is 0.480. The van der Waals surface area contributed by atoms with E-state index in [1.807, 2.05) is 18.2 Å². The van der Waals surface area contributed by atoms with E-state index in [-0.39, 0.29) is 30.1 Å². The highest BCUT2D eigenvalue weighted by atomic mass is 127. The Morgan fingerprint density at radius 2 is 1.84 bits per heavy atom. The summed E-state index contributed by atoms with van der Waals surface area (Å²) in [6.07, 6.45) is 3.21. The van der Waals surface area contributed by atoms with Crippen LogP contribution in [0.25, 0.3) is 0 Å². The smallest absolute Gasteiger partial charge is 0.191 e. The first-order valence-corrected chi connectivity index (χ1v) is 11.1. The van der Waals surface area contributed by atoms with E-state index in [0.29, 0.717) is 5.92 Å². The lowest BCUT2D eigenvalue weighted by Gasteiger charge is -2.31. The monoisotopic (exact) mass is 553 g/mol. The fourth-order valence-corrected chi connectivity index (χ4v) is 3.95. The molecule has 1 heterocycles. The third kappa shape index (κ3) is 7.55. The Morgan fingerprint density at radius 1 is 1.06 bits per heavy atom. The van der Waals surface area contributed by atoms with E-state index in [9.17, 15) is 0 Å². The first-order valence-electron chi connectivity index (χ1n) is 11.1. The number of aliphatic imine (C=N–C) groups is 1. The van der Waals surface area contributed by atoms with Gasteiger partial charge in [-0.1, -0.05) is 36.4 Å². The van der Waals surface area contributed by atoms with Crippen molar-refractivity contribution in [2.24, 2.45) is 10.9 Å². The van der Waals surface area contributed by atoms with Crippen LogP contribution in [0.4, 0.5) is 0 Å². The summed E-state index contributed by atoms with van der Waals surface area (Å²) >= 11 is 0. The molecule has 0 aliphatic carbocycles. The summed E-state index contributed by atoms with van der Waals surface area (Å²) in [7, 11) is 3.31. The molecule has 0 radical (unpaired) electrons. The second-order valence-corrected chi connectivity index (χ2v) is 7.69. The van der Waals surface area contributed by atoms with E-state index in [0.717, 1.165) is 63.0 Å². The lowest BCUT2D eigenvalue weighted by atomic mass is 9.89. The summed E-state index contributed by atoms with van der Waals surface area (Å²) in [5.41, 5.74) is 2.43. The third-order valence-electron chi connectivity index (χ3n) is 5.56. The molecule has 0 aromatic heterocycles. The van der Waals surface area contributed by atoms with Crippen molar-refractivity contribution in [2.75, 3.05) is 40.5 Å². The Bertz CT molecular complexity index is 832. The molecule has 2 unspecified atom stereocenters. The Kier molecular flexibility index (Phi) is 11.7. The molecule has 1 saturated heterocycles. The van der Waals surface area contributed by atoms with E-state index in [1.165, 1.54) is 11.1 Å². The van der Waals surface area contributed by atoms with Gasteiger partial charge >= 0.3 is 0 Å². The van der Waals surface area contributed by atoms with Gasteiger partial charge in [-0.2, -0.15) is 0 Å². The van der Waals surface area contributed by atoms with Crippen LogP contribution in [0.5, 0.6) is 11.5 Å². The van der Waals surface area contributed by atoms with Gasteiger partial charge in [0.05, 0.1) is 20.3 Å². The fourth-order valence-electron chi connectivity index (χ4n) is 3.95. The minimum atomic E-state index is 0. The van der Waals surface area contributed by atoms with Crippen molar-refractivity contribution in [3.05, 3.63) is 59.7 Å². The summed E-state index contributed by atoms with van der Waals surface area (Å²) in [4.78, 5) is 4.87. The molecule has 1 aliphatic heterocycles. The molecule has 2 N–H and O–H groups in total. The van der Waals surface area contributed by atoms with Gasteiger partial charge in [0, 0.05) is 32.2 Å². The van der Waals surface area contributed by atoms with Gasteiger partial charge in [0.15, 0.2) is 17.5 Å². The van der Waals surface area contributed by atoms with Crippen LogP contribution in [0.1, 0.15) is 37.0 Å². The zero-order valence-electron chi connectivity index (χ0n) is 19.3. The molecule has 0 spiro atoms. The summed E-state index contributed by atoms with van der Waals surface area (Å²) < 4.78 is 16.8. The molecule has 2 atom stereocenters. The van der Waals surface area contributed by atoms with Crippen molar-refractivity contribution >= 4 is 29.9 Å². The maximum Gasteiger partial charge on any atom is 0.191 e. The molecule has 7 heteroatoms. The predicted molar refractivity (Wildman–Crippen MR) is 141 cm³/mol. The van der Waals surface area contributed by atoms with E-state index in [4.69, 9.17) is 19.2 Å². The van der Waals surface area contributed by atoms with Gasteiger partial charge < -0.3 is 24.8 Å². The van der Waals surface area contributed by atoms with Crippen LogP contribution < -0.4 is 20.1 Å². The minimum Gasteiger partial charge on any atom is -0.493 e. The highest BCUT2D eigenvalue weighted by Crippen LogP contribution is 2.33. The van der Waals surface area contributed by atoms with Crippen LogP contribution in [0.3, 0.4) is 0 Å². The molecular weight excluding hydrogens is 517 g/mol. The van der Waals surface area contributed by atoms with E-state index < -0.39 is 0 Å². The molecule has 0 saturated carbocycles. The van der Waals surface area contributed by atoms with Crippen LogP contribution in [-0.2, 0) is 11.2 Å². The van der Waals surface area contributed by atoms with Crippen molar-refractivity contribution in [1.29, 1.82) is 0 Å². The molecule has 6 nitrogen and oxygen atoms in total. The summed E-state index contributed by atoms with van der Waals surface area (Å²) in [5.74, 6) is 2.74. The molecule has 176 valence electrons. The lowest BCUT2D eigenvalue weighted by Crippen LogP contribution is -2.39. The Balaban J connectivity index is 0.00000363. The number of rotatable bonds is 9. The lowest BCUT2D eigenvalue weighted by molar-refractivity contribution is -0.0250. The van der Waals surface area contributed by atoms with Crippen molar-refractivity contribution in [3.8, 4) is 11.5 Å². The SMILES string of the molecule is CCNC(=NCC1CCCOC1c1ccccc1)NCCc1ccc(OC)c(OC)c1.I. The number of ether oxygens (including phenoxy) is 3. The first-order chi connectivity index (χ1) is 15.2. The molecule has 1 aliphatic rings. The number of nitrogens with zero attached hydrogens (tertiary/aromatic N) is 1. The maximum atomic E-state index is 6.12. The zero-order chi connectivity index (χ0) is 21.9. The van der Waals surface area contributed by atoms with Gasteiger partial charge in [0.2, 0.25) is 0 Å². The van der Waals surface area contributed by atoms with E-state index in [1.54, 1.807) is 14.2 Å². The standard InChI is InChI=1S/C25H35N3O3.HI/c1-4-26-25(27-15-14-19-12-13-22(29-2)23(17-19)30-3)28-18-21-11-8-16-31-24(21)20-9-6-5-7-10-20;/h5-7,9-10,12-13,17,21,24H,4,8,11,14-16,18H2,1-3H3,(H2,26,27,28);1H. The molecule has 0 amide bonds. The Labute approximate surface area is 209 Å². The van der Waals surface area contributed by atoms with Crippen molar-refractivity contribution < 1.29 is 14.2 Å². The van der Waals surface area contributed by atoms with Gasteiger partial charge in [0.25, 0.3) is 0 Å². The highest BCUT2D eigenvalue weighted by molar-refractivity contribution is 14.0. The second kappa shape index (κ2) is 14.2. The molecule has 3 rings (SSSR count). The minimum absolute atomic E-state index is 0. The van der Waals surface area contributed by atoms with Gasteiger partial charge in [-0.3, -0.25) is 4.99 Å². The quantitative estimate of drug-likeness (QED) is 0.270. The predicted octanol–water partition coefficient (Wildman–Crippen LogP) is 4.59. The molecule has 0 bridgehead atoms. The number of hydrogen-bond donors (Lipinski definition) is 2. The molecule has 32 heavy (non-hydrogen) atoms. The van der Waals surface area contributed by atoms with Crippen LogP contribution in [0, 0.1) is 5.92 Å². The van der Waals surface area contributed by atoms with Gasteiger partial charge in [-0.15, -0.1) is 24.0 Å². The normalized spacial score (nSPS) is 18.4. The number of methoxy groups -OCH3 is 2. The van der Waals surface area contributed by atoms with E-state index >= 15 is 0 Å².